The summed E-state index contributed by atoms with van der Waals surface area (Å²) >= 11 is 0. The van der Waals surface area contributed by atoms with E-state index in [1.54, 1.807) is 49.1 Å². The summed E-state index contributed by atoms with van der Waals surface area (Å²) in [5, 5.41) is 4.87. The molecular weight excluding hydrogens is 362 g/mol. The number of fused-ring (bicyclic) bond motifs is 1. The van der Waals surface area contributed by atoms with Crippen LogP contribution in [0.2, 0.25) is 0 Å². The highest BCUT2D eigenvalue weighted by atomic mass is 19.1. The second-order valence-corrected chi connectivity index (χ2v) is 7.20. The molecule has 1 aliphatic rings. The van der Waals surface area contributed by atoms with Gasteiger partial charge in [-0.05, 0) is 54.7 Å². The van der Waals surface area contributed by atoms with E-state index in [1.165, 1.54) is 19.2 Å². The number of carbonyl (C=O) groups excluding carboxylic acids is 1. The molecule has 0 fully saturated rings. The third-order valence-electron chi connectivity index (χ3n) is 5.69. The maximum atomic E-state index is 14.8. The fourth-order valence-corrected chi connectivity index (χ4v) is 4.16. The highest BCUT2D eigenvalue weighted by Gasteiger charge is 2.44. The Morgan fingerprint density at radius 1 is 1.25 bits per heavy atom. The second-order valence-electron chi connectivity index (χ2n) is 7.20. The SMILES string of the molecule is COC(=O)C1(c2cccc(F)c2C)C=C(c2cc3c(cnn3C)cc2F)CC1. The zero-order valence-electron chi connectivity index (χ0n) is 15.9. The first-order valence-electron chi connectivity index (χ1n) is 9.05. The van der Waals surface area contributed by atoms with E-state index in [-0.39, 0.29) is 11.6 Å². The van der Waals surface area contributed by atoms with Gasteiger partial charge in [-0.1, -0.05) is 18.2 Å². The Morgan fingerprint density at radius 2 is 2.04 bits per heavy atom. The number of carbonyl (C=O) groups is 1. The molecule has 4 rings (SSSR count). The van der Waals surface area contributed by atoms with Crippen LogP contribution in [-0.2, 0) is 22.0 Å². The van der Waals surface area contributed by atoms with Crippen LogP contribution in [-0.4, -0.2) is 22.9 Å². The molecule has 4 nitrogen and oxygen atoms in total. The number of hydrogen-bond donors (Lipinski definition) is 0. The zero-order chi connectivity index (χ0) is 20.1. The Kier molecular flexibility index (Phi) is 4.29. The van der Waals surface area contributed by atoms with Crippen LogP contribution in [0.25, 0.3) is 16.5 Å². The third-order valence-corrected chi connectivity index (χ3v) is 5.69. The molecule has 0 saturated carbocycles. The second kappa shape index (κ2) is 6.55. The van der Waals surface area contributed by atoms with E-state index in [2.05, 4.69) is 5.10 Å². The molecule has 0 radical (unpaired) electrons. The largest absolute Gasteiger partial charge is 0.468 e. The van der Waals surface area contributed by atoms with Crippen molar-refractivity contribution in [3.63, 3.8) is 0 Å². The quantitative estimate of drug-likeness (QED) is 0.629. The molecular formula is C22H20F2N2O2. The van der Waals surface area contributed by atoms with Gasteiger partial charge in [0.25, 0.3) is 0 Å². The van der Waals surface area contributed by atoms with Gasteiger partial charge in [0.05, 0.1) is 18.8 Å². The van der Waals surface area contributed by atoms with Crippen LogP contribution in [0.5, 0.6) is 0 Å². The predicted octanol–water partition coefficient (Wildman–Crippen LogP) is 4.45. The normalized spacial score (nSPS) is 19.1. The first kappa shape index (κ1) is 18.3. The van der Waals surface area contributed by atoms with Crippen molar-refractivity contribution in [3.05, 3.63) is 70.9 Å². The summed E-state index contributed by atoms with van der Waals surface area (Å²) in [6.45, 7) is 1.64. The lowest BCUT2D eigenvalue weighted by molar-refractivity contribution is -0.145. The topological polar surface area (TPSA) is 44.1 Å². The van der Waals surface area contributed by atoms with E-state index in [1.807, 2.05) is 0 Å². The molecule has 1 aliphatic carbocycles. The fraction of sp³-hybridized carbons (Fsp3) is 0.273. The van der Waals surface area contributed by atoms with Crippen molar-refractivity contribution in [2.75, 3.05) is 7.11 Å². The lowest BCUT2D eigenvalue weighted by Gasteiger charge is -2.26. The van der Waals surface area contributed by atoms with Gasteiger partial charge in [0.1, 0.15) is 17.0 Å². The maximum Gasteiger partial charge on any atom is 0.320 e. The van der Waals surface area contributed by atoms with E-state index in [4.69, 9.17) is 4.74 Å². The van der Waals surface area contributed by atoms with Crippen LogP contribution >= 0.6 is 0 Å². The van der Waals surface area contributed by atoms with E-state index in [0.29, 0.717) is 40.5 Å². The van der Waals surface area contributed by atoms with Crippen molar-refractivity contribution in [2.24, 2.45) is 7.05 Å². The lowest BCUT2D eigenvalue weighted by atomic mass is 9.77. The Morgan fingerprint density at radius 3 is 2.79 bits per heavy atom. The van der Waals surface area contributed by atoms with Crippen LogP contribution < -0.4 is 0 Å². The summed E-state index contributed by atoms with van der Waals surface area (Å²) in [5.74, 6) is -1.23. The van der Waals surface area contributed by atoms with E-state index in [0.717, 1.165) is 5.52 Å². The van der Waals surface area contributed by atoms with Gasteiger partial charge in [-0.25, -0.2) is 8.78 Å². The van der Waals surface area contributed by atoms with Crippen LogP contribution in [0.15, 0.2) is 42.6 Å². The summed E-state index contributed by atoms with van der Waals surface area (Å²) in [7, 11) is 3.11. The summed E-state index contributed by atoms with van der Waals surface area (Å²) in [6.07, 6.45) is 4.22. The number of rotatable bonds is 3. The summed E-state index contributed by atoms with van der Waals surface area (Å²) < 4.78 is 35.7. The van der Waals surface area contributed by atoms with Gasteiger partial charge in [0.2, 0.25) is 0 Å². The number of aryl methyl sites for hydroxylation is 1. The van der Waals surface area contributed by atoms with Crippen molar-refractivity contribution < 1.29 is 18.3 Å². The van der Waals surface area contributed by atoms with E-state index < -0.39 is 11.4 Å². The van der Waals surface area contributed by atoms with Gasteiger partial charge in [0, 0.05) is 18.0 Å². The third kappa shape index (κ3) is 2.63. The summed E-state index contributed by atoms with van der Waals surface area (Å²) in [4.78, 5) is 12.8. The molecule has 1 unspecified atom stereocenters. The highest BCUT2D eigenvalue weighted by molar-refractivity contribution is 5.92. The van der Waals surface area contributed by atoms with Gasteiger partial charge in [-0.3, -0.25) is 9.48 Å². The molecule has 2 aromatic carbocycles. The molecule has 6 heteroatoms. The van der Waals surface area contributed by atoms with E-state index >= 15 is 0 Å². The molecule has 0 amide bonds. The Balaban J connectivity index is 1.91. The van der Waals surface area contributed by atoms with Gasteiger partial charge in [-0.15, -0.1) is 0 Å². The van der Waals surface area contributed by atoms with Crippen molar-refractivity contribution in [1.29, 1.82) is 0 Å². The molecule has 0 spiro atoms. The first-order valence-corrected chi connectivity index (χ1v) is 9.05. The van der Waals surface area contributed by atoms with Crippen LogP contribution in [0.3, 0.4) is 0 Å². The van der Waals surface area contributed by atoms with Crippen molar-refractivity contribution in [3.8, 4) is 0 Å². The Bertz CT molecular complexity index is 1130. The number of allylic oxidation sites excluding steroid dienone is 1. The molecule has 144 valence electrons. The number of benzene rings is 2. The number of nitrogens with zero attached hydrogens (tertiary/aromatic N) is 2. The van der Waals surface area contributed by atoms with Gasteiger partial charge >= 0.3 is 5.97 Å². The number of halogens is 2. The zero-order valence-corrected chi connectivity index (χ0v) is 15.9. The molecule has 3 aromatic rings. The number of esters is 1. The Hall–Kier alpha value is -3.02. The van der Waals surface area contributed by atoms with Gasteiger partial charge in [0.15, 0.2) is 0 Å². The maximum absolute atomic E-state index is 14.8. The van der Waals surface area contributed by atoms with Crippen LogP contribution in [0.4, 0.5) is 8.78 Å². The molecule has 0 saturated heterocycles. The molecule has 1 atom stereocenters. The lowest BCUT2D eigenvalue weighted by Crippen LogP contribution is -2.34. The van der Waals surface area contributed by atoms with E-state index in [9.17, 15) is 13.6 Å². The number of aromatic nitrogens is 2. The highest BCUT2D eigenvalue weighted by Crippen LogP contribution is 2.45. The number of methoxy groups -OCH3 is 1. The monoisotopic (exact) mass is 382 g/mol. The standard InChI is InChI=1S/C22H20F2N2O2/c1-13-17(5-4-6-18(13)23)22(21(27)28-3)8-7-14(11-22)16-10-20-15(9-19(16)24)12-25-26(20)2/h4-6,9-12H,7-8H2,1-3H3. The average Bonchev–Trinajstić information content (AvgIpc) is 3.27. The molecule has 0 aliphatic heterocycles. The molecule has 28 heavy (non-hydrogen) atoms. The van der Waals surface area contributed by atoms with Crippen molar-refractivity contribution in [1.82, 2.24) is 9.78 Å². The molecule has 0 N–H and O–H groups in total. The fourth-order valence-electron chi connectivity index (χ4n) is 4.16. The summed E-state index contributed by atoms with van der Waals surface area (Å²) in [5.41, 5.74) is 1.74. The Labute approximate surface area is 161 Å². The summed E-state index contributed by atoms with van der Waals surface area (Å²) in [6, 6.07) is 7.87. The van der Waals surface area contributed by atoms with Gasteiger partial charge < -0.3 is 4.74 Å². The molecule has 0 bridgehead atoms. The number of hydrogen-bond acceptors (Lipinski definition) is 3. The molecule has 1 aromatic heterocycles. The van der Waals surface area contributed by atoms with Crippen LogP contribution in [0.1, 0.15) is 29.5 Å². The molecule has 1 heterocycles. The number of ether oxygens (including phenoxy) is 1. The average molecular weight is 382 g/mol. The first-order chi connectivity index (χ1) is 13.4. The van der Waals surface area contributed by atoms with Crippen LogP contribution in [0, 0.1) is 18.6 Å². The minimum atomic E-state index is -1.13. The van der Waals surface area contributed by atoms with Gasteiger partial charge in [-0.2, -0.15) is 5.10 Å². The van der Waals surface area contributed by atoms with Crippen molar-refractivity contribution in [2.45, 2.75) is 25.2 Å². The minimum absolute atomic E-state index is 0.372. The predicted molar refractivity (Wildman–Crippen MR) is 103 cm³/mol. The minimum Gasteiger partial charge on any atom is -0.468 e. The van der Waals surface area contributed by atoms with Crippen molar-refractivity contribution >= 4 is 22.4 Å². The smallest absolute Gasteiger partial charge is 0.320 e.